The van der Waals surface area contributed by atoms with Crippen molar-refractivity contribution in [3.8, 4) is 11.5 Å². The van der Waals surface area contributed by atoms with Crippen molar-refractivity contribution in [1.29, 1.82) is 0 Å². The number of carbonyl (C=O) groups excluding carboxylic acids is 1. The number of carbonyl (C=O) groups is 2. The number of aryl methyl sites for hydroxylation is 2. The van der Waals surface area contributed by atoms with Crippen LogP contribution in [0.4, 0.5) is 0 Å². The minimum absolute atomic E-state index is 0.0460. The Morgan fingerprint density at radius 3 is 1.28 bits per heavy atom. The molecule has 2 saturated carbocycles. The quantitative estimate of drug-likeness (QED) is 0.149. The van der Waals surface area contributed by atoms with E-state index < -0.39 is 11.4 Å². The predicted octanol–water partition coefficient (Wildman–Crippen LogP) is 14.1. The molecule has 1 N–H and O–H groups in total. The first-order chi connectivity index (χ1) is 32.2. The lowest BCUT2D eigenvalue weighted by molar-refractivity contribution is -0.157. The maximum atomic E-state index is 12.5. The van der Waals surface area contributed by atoms with Crippen LogP contribution >= 0.6 is 0 Å². The third-order valence-corrected chi connectivity index (χ3v) is 17.0. The maximum absolute atomic E-state index is 12.5. The molecular formula is C60H86N2O6. The third kappa shape index (κ3) is 12.2. The van der Waals surface area contributed by atoms with Crippen molar-refractivity contribution in [3.63, 3.8) is 0 Å². The van der Waals surface area contributed by atoms with Gasteiger partial charge in [0.25, 0.3) is 0 Å². The van der Waals surface area contributed by atoms with Crippen LogP contribution in [0.3, 0.4) is 0 Å². The fraction of sp³-hybridized carbons (Fsp3) is 0.633. The number of hydrogen-bond acceptors (Lipinski definition) is 7. The lowest BCUT2D eigenvalue weighted by Gasteiger charge is -2.38. The van der Waals surface area contributed by atoms with Crippen LogP contribution in [0.1, 0.15) is 162 Å². The normalized spacial score (nSPS) is 23.6. The maximum Gasteiger partial charge on any atom is 0.311 e. The highest BCUT2D eigenvalue weighted by Crippen LogP contribution is 2.43. The van der Waals surface area contributed by atoms with Gasteiger partial charge in [-0.05, 0) is 205 Å². The van der Waals surface area contributed by atoms with Crippen LogP contribution < -0.4 is 9.47 Å². The van der Waals surface area contributed by atoms with E-state index >= 15 is 0 Å². The molecule has 0 radical (unpaired) electrons. The zero-order valence-corrected chi connectivity index (χ0v) is 43.9. The molecule has 2 aliphatic carbocycles. The summed E-state index contributed by atoms with van der Waals surface area (Å²) < 4.78 is 18.9. The van der Waals surface area contributed by atoms with E-state index in [-0.39, 0.29) is 17.5 Å². The average molecular weight is 931 g/mol. The van der Waals surface area contributed by atoms with Crippen LogP contribution in [-0.2, 0) is 27.4 Å². The van der Waals surface area contributed by atoms with Gasteiger partial charge in [-0.1, -0.05) is 90.1 Å². The Morgan fingerprint density at radius 1 is 0.588 bits per heavy atom. The van der Waals surface area contributed by atoms with Crippen molar-refractivity contribution < 1.29 is 28.9 Å². The van der Waals surface area contributed by atoms with E-state index in [0.29, 0.717) is 36.4 Å². The minimum atomic E-state index is -0.669. The molecule has 0 spiro atoms. The smallest absolute Gasteiger partial charge is 0.311 e. The van der Waals surface area contributed by atoms with E-state index in [0.717, 1.165) is 101 Å². The number of esters is 1. The van der Waals surface area contributed by atoms with E-state index in [1.165, 1.54) is 69.5 Å². The molecule has 8 nitrogen and oxygen atoms in total. The molecule has 0 atom stereocenters. The van der Waals surface area contributed by atoms with Crippen LogP contribution in [0, 0.1) is 47.3 Å². The fourth-order valence-corrected chi connectivity index (χ4v) is 11.7. The Balaban J connectivity index is 0.000000202. The summed E-state index contributed by atoms with van der Waals surface area (Å²) >= 11 is 0. The largest absolute Gasteiger partial charge is 0.490 e. The van der Waals surface area contributed by atoms with Crippen LogP contribution in [0.25, 0.3) is 21.5 Å². The summed E-state index contributed by atoms with van der Waals surface area (Å²) in [6, 6.07) is 21.9. The molecule has 68 heavy (non-hydrogen) atoms. The summed E-state index contributed by atoms with van der Waals surface area (Å²) in [5.74, 6) is 2.92. The van der Waals surface area contributed by atoms with Crippen molar-refractivity contribution in [2.45, 2.75) is 179 Å². The molecule has 4 aromatic carbocycles. The molecule has 0 bridgehead atoms. The van der Waals surface area contributed by atoms with E-state index in [1.807, 2.05) is 13.8 Å². The van der Waals surface area contributed by atoms with Crippen molar-refractivity contribution in [2.75, 3.05) is 32.8 Å². The van der Waals surface area contributed by atoms with Crippen LogP contribution in [0.5, 0.6) is 11.5 Å². The number of hydrogen-bond donors (Lipinski definition) is 1. The zero-order chi connectivity index (χ0) is 49.0. The van der Waals surface area contributed by atoms with Crippen molar-refractivity contribution >= 4 is 33.5 Å². The summed E-state index contributed by atoms with van der Waals surface area (Å²) in [7, 11) is 0. The van der Waals surface area contributed by atoms with Crippen LogP contribution in [0.15, 0.2) is 60.7 Å². The predicted molar refractivity (Wildman–Crippen MR) is 279 cm³/mol. The molecule has 2 saturated heterocycles. The number of rotatable bonds is 11. The zero-order valence-electron chi connectivity index (χ0n) is 43.9. The highest BCUT2D eigenvalue weighted by atomic mass is 16.5. The van der Waals surface area contributed by atoms with E-state index in [2.05, 4.69) is 133 Å². The molecule has 4 aromatic rings. The van der Waals surface area contributed by atoms with Crippen LogP contribution in [0.2, 0.25) is 0 Å². The minimum Gasteiger partial charge on any atom is -0.490 e. The number of piperidine rings is 2. The topological polar surface area (TPSA) is 88.5 Å². The average Bonchev–Trinajstić information content (AvgIpc) is 3.30. The number of aliphatic carboxylic acids is 1. The van der Waals surface area contributed by atoms with Gasteiger partial charge in [-0.3, -0.25) is 19.4 Å². The number of carboxylic acid groups (broad SMARTS) is 1. The molecule has 8 rings (SSSR count). The molecule has 372 valence electrons. The molecule has 4 aliphatic rings. The summed E-state index contributed by atoms with van der Waals surface area (Å²) in [6.07, 6.45) is 13.1. The Hall–Kier alpha value is -4.14. The number of carboxylic acids is 1. The van der Waals surface area contributed by atoms with Gasteiger partial charge in [-0.2, -0.15) is 0 Å². The Labute approximate surface area is 409 Å². The molecule has 0 aromatic heterocycles. The van der Waals surface area contributed by atoms with Crippen molar-refractivity contribution in [3.05, 3.63) is 82.9 Å². The lowest BCUT2D eigenvalue weighted by atomic mass is 9.72. The van der Waals surface area contributed by atoms with E-state index in [9.17, 15) is 14.7 Å². The van der Waals surface area contributed by atoms with Gasteiger partial charge in [0.1, 0.15) is 11.5 Å². The summed E-state index contributed by atoms with van der Waals surface area (Å²) in [5.41, 5.74) is 4.86. The molecule has 4 fully saturated rings. The van der Waals surface area contributed by atoms with Crippen LogP contribution in [-0.4, -0.2) is 71.8 Å². The first-order valence-electron chi connectivity index (χ1n) is 26.4. The molecule has 0 amide bonds. The molecule has 0 unspecified atom stereocenters. The number of ether oxygens (including phenoxy) is 3. The second kappa shape index (κ2) is 21.5. The molecular weight excluding hydrogens is 845 g/mol. The van der Waals surface area contributed by atoms with Gasteiger partial charge in [-0.25, -0.2) is 0 Å². The molecule has 2 aliphatic heterocycles. The summed E-state index contributed by atoms with van der Waals surface area (Å²) in [6.45, 7) is 29.9. The molecule has 8 heteroatoms. The SMILES string of the molecule is CCOC(=O)C1(C)CCN(Cc2c(OC3CCC(C(C)(C)C)CC3)cc(C)c3ccccc23)CC1.Cc1cc(OC2CCC(C(C)(C)C)CC2)c(CN2CCC(C)(C(=O)O)CC2)c2ccccc12. The first kappa shape index (κ1) is 51.7. The summed E-state index contributed by atoms with van der Waals surface area (Å²) in [4.78, 5) is 29.1. The van der Waals surface area contributed by atoms with Gasteiger partial charge in [0.2, 0.25) is 0 Å². The van der Waals surface area contributed by atoms with Crippen molar-refractivity contribution in [1.82, 2.24) is 9.80 Å². The highest BCUT2D eigenvalue weighted by Gasteiger charge is 2.40. The van der Waals surface area contributed by atoms with Gasteiger partial charge in [0, 0.05) is 24.2 Å². The first-order valence-corrected chi connectivity index (χ1v) is 26.4. The monoisotopic (exact) mass is 931 g/mol. The number of likely N-dealkylation sites (tertiary alicyclic amines) is 2. The van der Waals surface area contributed by atoms with Gasteiger partial charge in [0.05, 0.1) is 29.6 Å². The number of fused-ring (bicyclic) bond motifs is 2. The second-order valence-corrected chi connectivity index (χ2v) is 24.0. The second-order valence-electron chi connectivity index (χ2n) is 24.0. The number of nitrogens with zero attached hydrogens (tertiary/aromatic N) is 2. The Kier molecular flexibility index (Phi) is 16.3. The molecule has 2 heterocycles. The van der Waals surface area contributed by atoms with Gasteiger partial charge < -0.3 is 19.3 Å². The third-order valence-electron chi connectivity index (χ3n) is 17.0. The van der Waals surface area contributed by atoms with Gasteiger partial charge in [-0.15, -0.1) is 0 Å². The van der Waals surface area contributed by atoms with Crippen molar-refractivity contribution in [2.24, 2.45) is 33.5 Å². The van der Waals surface area contributed by atoms with E-state index in [1.54, 1.807) is 0 Å². The fourth-order valence-electron chi connectivity index (χ4n) is 11.7. The standard InChI is InChI=1S/C31H45NO3.C29H41NO3/c1-7-34-29(33)31(6)16-18-32(19-17-31)21-27-26-11-9-8-10-25(26)22(2)20-28(27)35-24-14-12-23(13-15-24)30(3,4)5;1-20-18-26(33-22-12-10-21(11-13-22)28(2,3)4)25(24-9-7-6-8-23(20)24)19-30-16-14-29(5,15-17-30)27(31)32/h8-11,20,23-24H,7,12-19,21H2,1-6H3;6-9,18,21-22H,10-17,19H2,1-5H3,(H,31,32). The van der Waals surface area contributed by atoms with E-state index in [4.69, 9.17) is 14.2 Å². The van der Waals surface area contributed by atoms with Gasteiger partial charge >= 0.3 is 11.9 Å². The lowest BCUT2D eigenvalue weighted by Crippen LogP contribution is -2.43. The number of benzene rings is 4. The van der Waals surface area contributed by atoms with Gasteiger partial charge in [0.15, 0.2) is 0 Å². The summed E-state index contributed by atoms with van der Waals surface area (Å²) in [5, 5.41) is 14.8. The Bertz CT molecular complexity index is 2340. The Morgan fingerprint density at radius 2 is 0.941 bits per heavy atom. The highest BCUT2D eigenvalue weighted by molar-refractivity contribution is 5.91.